The molecule has 0 aromatic heterocycles. The smallest absolute Gasteiger partial charge is 0.311 e. The van der Waals surface area contributed by atoms with Crippen LogP contribution in [0.15, 0.2) is 30.3 Å². The summed E-state index contributed by atoms with van der Waals surface area (Å²) in [6, 6.07) is 9.44. The number of aliphatic hydroxyl groups excluding tert-OH is 1. The van der Waals surface area contributed by atoms with Crippen molar-refractivity contribution in [3.8, 4) is 5.75 Å². The van der Waals surface area contributed by atoms with Crippen molar-refractivity contribution in [1.29, 1.82) is 0 Å². The Morgan fingerprint density at radius 3 is 2.50 bits per heavy atom. The Morgan fingerprint density at radius 1 is 1.18 bits per heavy atom. The fraction of sp³-hybridized carbons (Fsp3) is 0.588. The van der Waals surface area contributed by atoms with Gasteiger partial charge in [0.25, 0.3) is 0 Å². The average Bonchev–Trinajstić information content (AvgIpc) is 2.53. The first kappa shape index (κ1) is 18.5. The minimum absolute atomic E-state index is 0.0538. The summed E-state index contributed by atoms with van der Waals surface area (Å²) in [7, 11) is 0. The van der Waals surface area contributed by atoms with Gasteiger partial charge in [-0.2, -0.15) is 0 Å². The molecule has 0 saturated heterocycles. The molecule has 0 fully saturated rings. The van der Waals surface area contributed by atoms with Crippen LogP contribution in [0.3, 0.4) is 0 Å². The first-order valence-corrected chi connectivity index (χ1v) is 7.56. The molecule has 0 radical (unpaired) electrons. The van der Waals surface area contributed by atoms with Crippen molar-refractivity contribution in [1.82, 2.24) is 0 Å². The third-order valence-corrected chi connectivity index (χ3v) is 3.39. The van der Waals surface area contributed by atoms with Gasteiger partial charge in [-0.1, -0.05) is 25.1 Å². The van der Waals surface area contributed by atoms with Gasteiger partial charge in [-0.3, -0.25) is 4.79 Å². The molecule has 0 saturated carbocycles. The van der Waals surface area contributed by atoms with E-state index < -0.39 is 11.5 Å². The number of carbonyl (C=O) groups is 1. The summed E-state index contributed by atoms with van der Waals surface area (Å²) in [5.74, 6) is 0.476. The Hall–Kier alpha value is -1.59. The molecule has 1 aromatic carbocycles. The fourth-order valence-electron chi connectivity index (χ4n) is 1.51. The molecular weight excluding hydrogens is 284 g/mol. The van der Waals surface area contributed by atoms with Gasteiger partial charge in [-0.05, 0) is 32.4 Å². The van der Waals surface area contributed by atoms with Crippen LogP contribution in [0.5, 0.6) is 5.75 Å². The summed E-state index contributed by atoms with van der Waals surface area (Å²) >= 11 is 0. The maximum absolute atomic E-state index is 11.7. The molecule has 1 N–H and O–H groups in total. The van der Waals surface area contributed by atoms with Crippen molar-refractivity contribution in [2.45, 2.75) is 33.3 Å². The second kappa shape index (κ2) is 9.43. The van der Waals surface area contributed by atoms with Crippen LogP contribution in [0.25, 0.3) is 0 Å². The molecular formula is C17H26O5. The monoisotopic (exact) mass is 310 g/mol. The van der Waals surface area contributed by atoms with E-state index in [2.05, 4.69) is 0 Å². The lowest BCUT2D eigenvalue weighted by atomic mass is 9.91. The molecule has 1 atom stereocenters. The molecule has 1 rings (SSSR count). The number of ether oxygens (including phenoxy) is 3. The van der Waals surface area contributed by atoms with Crippen LogP contribution >= 0.6 is 0 Å². The van der Waals surface area contributed by atoms with E-state index in [4.69, 9.17) is 14.2 Å². The Labute approximate surface area is 132 Å². The number of hydrogen-bond donors (Lipinski definition) is 1. The number of hydrogen-bond acceptors (Lipinski definition) is 5. The molecule has 0 heterocycles. The molecule has 0 aliphatic rings. The highest BCUT2D eigenvalue weighted by atomic mass is 16.6. The standard InChI is InChI=1S/C17H26O5/c1-4-17(2,3)16(19)22-13-14(18)12-20-10-11-21-15-8-6-5-7-9-15/h5-9,14,18H,4,10-13H2,1-3H3. The number of para-hydroxylation sites is 1. The van der Waals surface area contributed by atoms with Crippen molar-refractivity contribution in [2.75, 3.05) is 26.4 Å². The minimum Gasteiger partial charge on any atom is -0.491 e. The van der Waals surface area contributed by atoms with E-state index in [0.29, 0.717) is 19.6 Å². The predicted molar refractivity (Wildman–Crippen MR) is 83.8 cm³/mol. The molecule has 124 valence electrons. The molecule has 22 heavy (non-hydrogen) atoms. The van der Waals surface area contributed by atoms with Gasteiger partial charge in [0.15, 0.2) is 0 Å². The van der Waals surface area contributed by atoms with Gasteiger partial charge in [0, 0.05) is 0 Å². The molecule has 1 unspecified atom stereocenters. The molecule has 0 aliphatic heterocycles. The normalized spacial score (nSPS) is 12.7. The SMILES string of the molecule is CCC(C)(C)C(=O)OCC(O)COCCOc1ccccc1. The van der Waals surface area contributed by atoms with Gasteiger partial charge >= 0.3 is 5.97 Å². The lowest BCUT2D eigenvalue weighted by Gasteiger charge is -2.21. The number of esters is 1. The zero-order chi connectivity index (χ0) is 16.4. The first-order valence-electron chi connectivity index (χ1n) is 7.56. The maximum Gasteiger partial charge on any atom is 0.311 e. The lowest BCUT2D eigenvalue weighted by molar-refractivity contribution is -0.158. The summed E-state index contributed by atoms with van der Waals surface area (Å²) in [5.41, 5.74) is -0.524. The number of carbonyl (C=O) groups excluding carboxylic acids is 1. The summed E-state index contributed by atoms with van der Waals surface area (Å²) in [4.78, 5) is 11.7. The van der Waals surface area contributed by atoms with Crippen LogP contribution in [-0.4, -0.2) is 43.6 Å². The molecule has 0 spiro atoms. The molecule has 5 nitrogen and oxygen atoms in total. The zero-order valence-corrected chi connectivity index (χ0v) is 13.6. The van der Waals surface area contributed by atoms with Crippen LogP contribution < -0.4 is 4.74 Å². The van der Waals surface area contributed by atoms with Gasteiger partial charge in [0.1, 0.15) is 25.1 Å². The molecule has 0 aliphatic carbocycles. The Kier molecular flexibility index (Phi) is 7.91. The minimum atomic E-state index is -0.826. The molecule has 5 heteroatoms. The van der Waals surface area contributed by atoms with E-state index in [-0.39, 0.29) is 19.2 Å². The van der Waals surface area contributed by atoms with Crippen molar-refractivity contribution in [2.24, 2.45) is 5.41 Å². The Morgan fingerprint density at radius 2 is 1.86 bits per heavy atom. The largest absolute Gasteiger partial charge is 0.491 e. The second-order valence-corrected chi connectivity index (χ2v) is 5.73. The van der Waals surface area contributed by atoms with Gasteiger partial charge in [-0.25, -0.2) is 0 Å². The zero-order valence-electron chi connectivity index (χ0n) is 13.6. The molecule has 1 aromatic rings. The quantitative estimate of drug-likeness (QED) is 0.531. The summed E-state index contributed by atoms with van der Waals surface area (Å²) in [5, 5.41) is 9.71. The number of aliphatic hydroxyl groups is 1. The highest BCUT2D eigenvalue weighted by Crippen LogP contribution is 2.21. The van der Waals surface area contributed by atoms with Crippen LogP contribution in [0.4, 0.5) is 0 Å². The van der Waals surface area contributed by atoms with E-state index in [1.165, 1.54) is 0 Å². The third-order valence-electron chi connectivity index (χ3n) is 3.39. The average molecular weight is 310 g/mol. The summed E-state index contributed by atoms with van der Waals surface area (Å²) < 4.78 is 15.8. The highest BCUT2D eigenvalue weighted by Gasteiger charge is 2.27. The topological polar surface area (TPSA) is 65.0 Å². The Bertz CT molecular complexity index is 430. The lowest BCUT2D eigenvalue weighted by Crippen LogP contribution is -2.31. The van der Waals surface area contributed by atoms with E-state index >= 15 is 0 Å². The van der Waals surface area contributed by atoms with Crippen molar-refractivity contribution < 1.29 is 24.1 Å². The van der Waals surface area contributed by atoms with Gasteiger partial charge in [0.05, 0.1) is 18.6 Å². The van der Waals surface area contributed by atoms with E-state index in [1.807, 2.05) is 51.1 Å². The van der Waals surface area contributed by atoms with Crippen LogP contribution in [-0.2, 0) is 14.3 Å². The van der Waals surface area contributed by atoms with Crippen molar-refractivity contribution in [3.05, 3.63) is 30.3 Å². The molecule has 0 bridgehead atoms. The Balaban J connectivity index is 2.08. The van der Waals surface area contributed by atoms with E-state index in [1.54, 1.807) is 0 Å². The van der Waals surface area contributed by atoms with Gasteiger partial charge in [0.2, 0.25) is 0 Å². The predicted octanol–water partition coefficient (Wildman–Crippen LogP) is 2.42. The molecule has 0 amide bonds. The number of benzene rings is 1. The van der Waals surface area contributed by atoms with Crippen molar-refractivity contribution >= 4 is 5.97 Å². The second-order valence-electron chi connectivity index (χ2n) is 5.73. The van der Waals surface area contributed by atoms with E-state index in [0.717, 1.165) is 5.75 Å². The van der Waals surface area contributed by atoms with Crippen LogP contribution in [0, 0.1) is 5.41 Å². The van der Waals surface area contributed by atoms with Gasteiger partial charge in [-0.15, -0.1) is 0 Å². The fourth-order valence-corrected chi connectivity index (χ4v) is 1.51. The third kappa shape index (κ3) is 6.91. The maximum atomic E-state index is 11.7. The number of rotatable bonds is 10. The summed E-state index contributed by atoms with van der Waals surface area (Å²) in [6.07, 6.45) is -0.136. The summed E-state index contributed by atoms with van der Waals surface area (Å²) in [6.45, 7) is 6.38. The van der Waals surface area contributed by atoms with Gasteiger partial charge < -0.3 is 19.3 Å². The first-order chi connectivity index (χ1) is 10.5. The van der Waals surface area contributed by atoms with Crippen molar-refractivity contribution in [3.63, 3.8) is 0 Å². The highest BCUT2D eigenvalue weighted by molar-refractivity contribution is 5.75. The van der Waals surface area contributed by atoms with Crippen LogP contribution in [0.2, 0.25) is 0 Å². The van der Waals surface area contributed by atoms with Crippen LogP contribution in [0.1, 0.15) is 27.2 Å². The van der Waals surface area contributed by atoms with E-state index in [9.17, 15) is 9.90 Å².